The first-order valence-corrected chi connectivity index (χ1v) is 6.70. The Hall–Kier alpha value is -1.23. The second kappa shape index (κ2) is 6.28. The molecular formula is C13H14Cl2N2O2. The van der Waals surface area contributed by atoms with Crippen molar-refractivity contribution in [2.24, 2.45) is 0 Å². The van der Waals surface area contributed by atoms with E-state index in [0.717, 1.165) is 17.7 Å². The third-order valence-electron chi connectivity index (χ3n) is 2.68. The number of aliphatic hydroxyl groups is 1. The number of hydrogen-bond donors (Lipinski definition) is 2. The lowest BCUT2D eigenvalue weighted by molar-refractivity contribution is 0.298. The van der Waals surface area contributed by atoms with E-state index >= 15 is 0 Å². The average Bonchev–Trinajstić information content (AvgIpc) is 2.70. The molecule has 102 valence electrons. The summed E-state index contributed by atoms with van der Waals surface area (Å²) in [4.78, 5) is 0. The van der Waals surface area contributed by atoms with Crippen LogP contribution in [-0.4, -0.2) is 21.9 Å². The number of hydrogen-bond acceptors (Lipinski definition) is 3. The van der Waals surface area contributed by atoms with Crippen molar-refractivity contribution in [2.75, 3.05) is 6.61 Å². The summed E-state index contributed by atoms with van der Waals surface area (Å²) in [6.07, 6.45) is 1.28. The molecule has 2 aromatic rings. The molecule has 0 radical (unpaired) electrons. The molecule has 6 heteroatoms. The molecule has 0 atom stereocenters. The van der Waals surface area contributed by atoms with Crippen LogP contribution < -0.4 is 4.74 Å². The summed E-state index contributed by atoms with van der Waals surface area (Å²) in [5.41, 5.74) is 1.83. The van der Waals surface area contributed by atoms with E-state index in [1.807, 2.05) is 6.92 Å². The number of H-pyrrole nitrogens is 1. The molecule has 0 aliphatic heterocycles. The van der Waals surface area contributed by atoms with Gasteiger partial charge in [-0.25, -0.2) is 0 Å². The Balaban J connectivity index is 2.27. The lowest BCUT2D eigenvalue weighted by Crippen LogP contribution is -1.96. The normalized spacial score (nSPS) is 10.7. The van der Waals surface area contributed by atoms with E-state index in [0.29, 0.717) is 28.1 Å². The van der Waals surface area contributed by atoms with E-state index in [2.05, 4.69) is 10.2 Å². The maximum atomic E-state index is 8.99. The van der Waals surface area contributed by atoms with Gasteiger partial charge in [-0.1, -0.05) is 30.1 Å². The standard InChI is InChI=1S/C13H14Cl2N2O2/c1-2-11-12(3-4-18)16-17-13(11)19-10-6-8(14)5-9(15)7-10/h5-7,18H,2-4H2,1H3,(H,16,17). The molecule has 0 aliphatic rings. The summed E-state index contributed by atoms with van der Waals surface area (Å²) < 4.78 is 5.70. The number of aliphatic hydroxyl groups excluding tert-OH is 1. The molecule has 0 aliphatic carbocycles. The third kappa shape index (κ3) is 3.41. The number of aromatic nitrogens is 2. The first kappa shape index (κ1) is 14.2. The van der Waals surface area contributed by atoms with Crippen LogP contribution in [-0.2, 0) is 12.8 Å². The fraction of sp³-hybridized carbons (Fsp3) is 0.308. The largest absolute Gasteiger partial charge is 0.437 e. The number of halogens is 2. The number of aromatic amines is 1. The maximum absolute atomic E-state index is 8.99. The van der Waals surface area contributed by atoms with Crippen LogP contribution in [0, 0.1) is 0 Å². The fourth-order valence-corrected chi connectivity index (χ4v) is 2.36. The molecule has 19 heavy (non-hydrogen) atoms. The first-order valence-electron chi connectivity index (χ1n) is 5.95. The molecule has 0 bridgehead atoms. The van der Waals surface area contributed by atoms with Crippen LogP contribution in [0.1, 0.15) is 18.2 Å². The van der Waals surface area contributed by atoms with Crippen LogP contribution in [0.25, 0.3) is 0 Å². The van der Waals surface area contributed by atoms with Gasteiger partial charge in [0.25, 0.3) is 0 Å². The van der Waals surface area contributed by atoms with Crippen molar-refractivity contribution < 1.29 is 9.84 Å². The van der Waals surface area contributed by atoms with Crippen molar-refractivity contribution in [1.29, 1.82) is 0 Å². The third-order valence-corrected chi connectivity index (χ3v) is 3.12. The summed E-state index contributed by atoms with van der Waals surface area (Å²) in [6.45, 7) is 2.07. The maximum Gasteiger partial charge on any atom is 0.241 e. The predicted octanol–water partition coefficient (Wildman–Crippen LogP) is 3.61. The first-order chi connectivity index (χ1) is 9.13. The molecule has 1 aromatic heterocycles. The Kier molecular flexibility index (Phi) is 4.69. The fourth-order valence-electron chi connectivity index (χ4n) is 1.85. The van der Waals surface area contributed by atoms with Crippen LogP contribution in [0.2, 0.25) is 10.0 Å². The molecule has 1 aromatic carbocycles. The SMILES string of the molecule is CCc1c(Oc2cc(Cl)cc(Cl)c2)n[nH]c1CCO. The quantitative estimate of drug-likeness (QED) is 0.887. The zero-order valence-corrected chi connectivity index (χ0v) is 11.9. The van der Waals surface area contributed by atoms with Gasteiger partial charge in [-0.3, -0.25) is 5.10 Å². The second-order valence-electron chi connectivity index (χ2n) is 4.02. The molecule has 2 N–H and O–H groups in total. The van der Waals surface area contributed by atoms with Gasteiger partial charge in [0.05, 0.1) is 0 Å². The molecule has 0 spiro atoms. The Morgan fingerprint density at radius 1 is 1.26 bits per heavy atom. The Morgan fingerprint density at radius 3 is 2.53 bits per heavy atom. The lowest BCUT2D eigenvalue weighted by Gasteiger charge is -2.06. The molecular weight excluding hydrogens is 287 g/mol. The summed E-state index contributed by atoms with van der Waals surface area (Å²) in [7, 11) is 0. The van der Waals surface area contributed by atoms with Crippen molar-refractivity contribution >= 4 is 23.2 Å². The van der Waals surface area contributed by atoms with Crippen molar-refractivity contribution in [1.82, 2.24) is 10.2 Å². The van der Waals surface area contributed by atoms with Gasteiger partial charge in [-0.15, -0.1) is 5.10 Å². The van der Waals surface area contributed by atoms with Gasteiger partial charge in [-0.05, 0) is 24.6 Å². The van der Waals surface area contributed by atoms with Gasteiger partial charge in [-0.2, -0.15) is 0 Å². The van der Waals surface area contributed by atoms with Gasteiger partial charge in [0, 0.05) is 34.3 Å². The second-order valence-corrected chi connectivity index (χ2v) is 4.89. The highest BCUT2D eigenvalue weighted by Crippen LogP contribution is 2.30. The van der Waals surface area contributed by atoms with Crippen molar-refractivity contribution in [2.45, 2.75) is 19.8 Å². The highest BCUT2D eigenvalue weighted by atomic mass is 35.5. The van der Waals surface area contributed by atoms with Crippen LogP contribution in [0.4, 0.5) is 0 Å². The van der Waals surface area contributed by atoms with E-state index in [1.54, 1.807) is 18.2 Å². The molecule has 1 heterocycles. The minimum absolute atomic E-state index is 0.0671. The topological polar surface area (TPSA) is 58.1 Å². The number of rotatable bonds is 5. The smallest absolute Gasteiger partial charge is 0.241 e. The van der Waals surface area contributed by atoms with Crippen LogP contribution in [0.5, 0.6) is 11.6 Å². The van der Waals surface area contributed by atoms with Gasteiger partial charge in [0.15, 0.2) is 0 Å². The minimum Gasteiger partial charge on any atom is -0.437 e. The molecule has 0 amide bonds. The van der Waals surface area contributed by atoms with E-state index < -0.39 is 0 Å². The average molecular weight is 301 g/mol. The number of benzene rings is 1. The monoisotopic (exact) mass is 300 g/mol. The summed E-state index contributed by atoms with van der Waals surface area (Å²) in [5, 5.41) is 17.0. The zero-order valence-electron chi connectivity index (χ0n) is 10.4. The number of ether oxygens (including phenoxy) is 1. The van der Waals surface area contributed by atoms with Crippen molar-refractivity contribution in [3.63, 3.8) is 0 Å². The van der Waals surface area contributed by atoms with Crippen molar-refractivity contribution in [3.8, 4) is 11.6 Å². The highest BCUT2D eigenvalue weighted by molar-refractivity contribution is 6.34. The molecule has 0 saturated heterocycles. The van der Waals surface area contributed by atoms with Crippen molar-refractivity contribution in [3.05, 3.63) is 39.5 Å². The van der Waals surface area contributed by atoms with Gasteiger partial charge < -0.3 is 9.84 Å². The molecule has 0 fully saturated rings. The van der Waals surface area contributed by atoms with Crippen LogP contribution in [0.15, 0.2) is 18.2 Å². The van der Waals surface area contributed by atoms with Crippen LogP contribution in [0.3, 0.4) is 0 Å². The van der Waals surface area contributed by atoms with Gasteiger partial charge in [0.1, 0.15) is 5.75 Å². The van der Waals surface area contributed by atoms with Gasteiger partial charge in [0.2, 0.25) is 5.88 Å². The Labute approximate surface area is 121 Å². The Morgan fingerprint density at radius 2 is 1.95 bits per heavy atom. The number of nitrogens with one attached hydrogen (secondary N) is 1. The summed E-state index contributed by atoms with van der Waals surface area (Å²) >= 11 is 11.8. The predicted molar refractivity (Wildman–Crippen MR) is 75.3 cm³/mol. The number of nitrogens with zero attached hydrogens (tertiary/aromatic N) is 1. The summed E-state index contributed by atoms with van der Waals surface area (Å²) in [5.74, 6) is 1.03. The molecule has 2 rings (SSSR count). The molecule has 0 saturated carbocycles. The molecule has 0 unspecified atom stereocenters. The van der Waals surface area contributed by atoms with E-state index in [4.69, 9.17) is 33.0 Å². The highest BCUT2D eigenvalue weighted by Gasteiger charge is 2.13. The lowest BCUT2D eigenvalue weighted by atomic mass is 10.1. The van der Waals surface area contributed by atoms with E-state index in [9.17, 15) is 0 Å². The van der Waals surface area contributed by atoms with Gasteiger partial charge >= 0.3 is 0 Å². The van der Waals surface area contributed by atoms with Crippen LogP contribution >= 0.6 is 23.2 Å². The van der Waals surface area contributed by atoms with E-state index in [1.165, 1.54) is 0 Å². The zero-order chi connectivity index (χ0) is 13.8. The summed E-state index contributed by atoms with van der Waals surface area (Å²) in [6, 6.07) is 4.99. The minimum atomic E-state index is 0.0671. The van der Waals surface area contributed by atoms with E-state index in [-0.39, 0.29) is 6.61 Å². The molecule has 4 nitrogen and oxygen atoms in total. The Bertz CT molecular complexity index is 550.